The average Bonchev–Trinajstić information content (AvgIpc) is 2.26. The molecule has 0 amide bonds. The van der Waals surface area contributed by atoms with Crippen molar-refractivity contribution in [1.29, 1.82) is 0 Å². The lowest BCUT2D eigenvalue weighted by Gasteiger charge is -2.38. The Morgan fingerprint density at radius 2 is 2.19 bits per heavy atom. The molecule has 1 aromatic carbocycles. The molecule has 1 heterocycles. The summed E-state index contributed by atoms with van der Waals surface area (Å²) in [5.74, 6) is 0.445. The van der Waals surface area contributed by atoms with Gasteiger partial charge in [-0.3, -0.25) is 0 Å². The second-order valence-electron chi connectivity index (χ2n) is 4.22. The second kappa shape index (κ2) is 5.28. The standard InChI is InChI=1S/C14H18O2/c1-2-6-12(15)9-14-13(10-16-14)11-7-4-3-5-8-11/h2-8,12-15H,9-10H2,1H3. The maximum atomic E-state index is 9.68. The first-order valence-electron chi connectivity index (χ1n) is 5.78. The van der Waals surface area contributed by atoms with E-state index in [0.29, 0.717) is 12.3 Å². The molecule has 1 aromatic rings. The van der Waals surface area contributed by atoms with Crippen LogP contribution in [0.25, 0.3) is 0 Å². The fraction of sp³-hybridized carbons (Fsp3) is 0.429. The molecule has 0 radical (unpaired) electrons. The summed E-state index contributed by atoms with van der Waals surface area (Å²) in [6.07, 6.45) is 4.14. The molecule has 2 heteroatoms. The third-order valence-corrected chi connectivity index (χ3v) is 3.05. The van der Waals surface area contributed by atoms with Crippen molar-refractivity contribution < 1.29 is 9.84 Å². The summed E-state index contributed by atoms with van der Waals surface area (Å²) in [6, 6.07) is 10.4. The van der Waals surface area contributed by atoms with Crippen LogP contribution >= 0.6 is 0 Å². The van der Waals surface area contributed by atoms with Gasteiger partial charge in [0.25, 0.3) is 0 Å². The summed E-state index contributed by atoms with van der Waals surface area (Å²) in [4.78, 5) is 0. The molecule has 16 heavy (non-hydrogen) atoms. The van der Waals surface area contributed by atoms with Crippen molar-refractivity contribution in [3.05, 3.63) is 48.0 Å². The molecule has 1 N–H and O–H groups in total. The van der Waals surface area contributed by atoms with E-state index < -0.39 is 0 Å². The van der Waals surface area contributed by atoms with E-state index in [4.69, 9.17) is 4.74 Å². The monoisotopic (exact) mass is 218 g/mol. The Kier molecular flexibility index (Phi) is 3.75. The Morgan fingerprint density at radius 3 is 2.75 bits per heavy atom. The van der Waals surface area contributed by atoms with Crippen molar-refractivity contribution in [2.45, 2.75) is 31.5 Å². The molecule has 1 saturated heterocycles. The van der Waals surface area contributed by atoms with Gasteiger partial charge in [0.15, 0.2) is 0 Å². The fourth-order valence-electron chi connectivity index (χ4n) is 2.11. The number of ether oxygens (including phenoxy) is 1. The van der Waals surface area contributed by atoms with Gasteiger partial charge in [-0.2, -0.15) is 0 Å². The van der Waals surface area contributed by atoms with E-state index in [1.807, 2.05) is 37.3 Å². The van der Waals surface area contributed by atoms with E-state index in [1.54, 1.807) is 0 Å². The van der Waals surface area contributed by atoms with E-state index in [0.717, 1.165) is 6.61 Å². The molecule has 2 rings (SSSR count). The molecule has 1 fully saturated rings. The van der Waals surface area contributed by atoms with Crippen LogP contribution in [0, 0.1) is 0 Å². The highest BCUT2D eigenvalue weighted by molar-refractivity contribution is 5.23. The third kappa shape index (κ3) is 2.52. The van der Waals surface area contributed by atoms with Crippen molar-refractivity contribution >= 4 is 0 Å². The van der Waals surface area contributed by atoms with Gasteiger partial charge in [0.05, 0.1) is 18.8 Å². The summed E-state index contributed by atoms with van der Waals surface area (Å²) in [6.45, 7) is 2.69. The zero-order chi connectivity index (χ0) is 11.4. The zero-order valence-corrected chi connectivity index (χ0v) is 9.54. The van der Waals surface area contributed by atoms with Crippen LogP contribution in [-0.2, 0) is 4.74 Å². The molecule has 0 spiro atoms. The van der Waals surface area contributed by atoms with Crippen LogP contribution in [0.2, 0.25) is 0 Å². The number of allylic oxidation sites excluding steroid dienone is 1. The predicted molar refractivity (Wildman–Crippen MR) is 64.4 cm³/mol. The van der Waals surface area contributed by atoms with Crippen LogP contribution in [0.15, 0.2) is 42.5 Å². The molecule has 0 aromatic heterocycles. The van der Waals surface area contributed by atoms with E-state index in [-0.39, 0.29) is 12.2 Å². The molecule has 0 saturated carbocycles. The van der Waals surface area contributed by atoms with Crippen LogP contribution in [0.1, 0.15) is 24.8 Å². The Morgan fingerprint density at radius 1 is 1.44 bits per heavy atom. The third-order valence-electron chi connectivity index (χ3n) is 3.05. The molecule has 3 atom stereocenters. The number of hydrogen-bond acceptors (Lipinski definition) is 2. The normalized spacial score (nSPS) is 26.6. The minimum atomic E-state index is -0.387. The topological polar surface area (TPSA) is 29.5 Å². The van der Waals surface area contributed by atoms with Crippen molar-refractivity contribution in [2.75, 3.05) is 6.61 Å². The Bertz CT molecular complexity index is 345. The molecule has 1 aliphatic heterocycles. The highest BCUT2D eigenvalue weighted by Crippen LogP contribution is 2.33. The van der Waals surface area contributed by atoms with Crippen LogP contribution in [0.4, 0.5) is 0 Å². The van der Waals surface area contributed by atoms with Crippen LogP contribution in [0.5, 0.6) is 0 Å². The Balaban J connectivity index is 1.94. The number of benzene rings is 1. The van der Waals surface area contributed by atoms with Crippen molar-refractivity contribution in [3.8, 4) is 0 Å². The zero-order valence-electron chi connectivity index (χ0n) is 9.54. The summed E-state index contributed by atoms with van der Waals surface area (Å²) >= 11 is 0. The summed E-state index contributed by atoms with van der Waals surface area (Å²) < 4.78 is 5.52. The molecule has 0 bridgehead atoms. The SMILES string of the molecule is CC=CC(O)CC1OCC1c1ccccc1. The van der Waals surface area contributed by atoms with Gasteiger partial charge in [0.2, 0.25) is 0 Å². The van der Waals surface area contributed by atoms with Gasteiger partial charge in [-0.1, -0.05) is 42.5 Å². The van der Waals surface area contributed by atoms with Crippen molar-refractivity contribution in [1.82, 2.24) is 0 Å². The first kappa shape index (κ1) is 11.4. The Hall–Kier alpha value is -1.12. The number of aliphatic hydroxyl groups is 1. The number of aliphatic hydroxyl groups excluding tert-OH is 1. The van der Waals surface area contributed by atoms with Crippen LogP contribution in [-0.4, -0.2) is 23.9 Å². The first-order valence-corrected chi connectivity index (χ1v) is 5.78. The molecular formula is C14H18O2. The lowest BCUT2D eigenvalue weighted by Crippen LogP contribution is -2.39. The highest BCUT2D eigenvalue weighted by atomic mass is 16.5. The molecule has 2 nitrogen and oxygen atoms in total. The largest absolute Gasteiger partial charge is 0.389 e. The minimum absolute atomic E-state index is 0.161. The first-order chi connectivity index (χ1) is 7.81. The van der Waals surface area contributed by atoms with Crippen molar-refractivity contribution in [2.24, 2.45) is 0 Å². The number of rotatable bonds is 4. The second-order valence-corrected chi connectivity index (χ2v) is 4.22. The highest BCUT2D eigenvalue weighted by Gasteiger charge is 2.34. The number of hydrogen-bond donors (Lipinski definition) is 1. The van der Waals surface area contributed by atoms with Gasteiger partial charge in [-0.15, -0.1) is 0 Å². The van der Waals surface area contributed by atoms with Gasteiger partial charge in [0, 0.05) is 12.3 Å². The van der Waals surface area contributed by atoms with E-state index in [1.165, 1.54) is 5.56 Å². The van der Waals surface area contributed by atoms with Gasteiger partial charge in [-0.05, 0) is 12.5 Å². The molecule has 0 aliphatic carbocycles. The molecule has 3 unspecified atom stereocenters. The lowest BCUT2D eigenvalue weighted by molar-refractivity contribution is -0.0923. The van der Waals surface area contributed by atoms with Gasteiger partial charge < -0.3 is 9.84 Å². The van der Waals surface area contributed by atoms with E-state index >= 15 is 0 Å². The molecule has 86 valence electrons. The average molecular weight is 218 g/mol. The summed E-state index contributed by atoms with van der Waals surface area (Å²) in [5.41, 5.74) is 1.31. The van der Waals surface area contributed by atoms with Crippen LogP contribution in [0.3, 0.4) is 0 Å². The summed E-state index contributed by atoms with van der Waals surface area (Å²) in [7, 11) is 0. The smallest absolute Gasteiger partial charge is 0.0745 e. The Labute approximate surface area is 96.6 Å². The molecular weight excluding hydrogens is 200 g/mol. The minimum Gasteiger partial charge on any atom is -0.389 e. The van der Waals surface area contributed by atoms with Crippen molar-refractivity contribution in [3.63, 3.8) is 0 Å². The molecule has 1 aliphatic rings. The van der Waals surface area contributed by atoms with Crippen LogP contribution < -0.4 is 0 Å². The fourth-order valence-corrected chi connectivity index (χ4v) is 2.11. The van der Waals surface area contributed by atoms with Gasteiger partial charge >= 0.3 is 0 Å². The maximum Gasteiger partial charge on any atom is 0.0745 e. The quantitative estimate of drug-likeness (QED) is 0.787. The van der Waals surface area contributed by atoms with Gasteiger partial charge in [0.1, 0.15) is 0 Å². The predicted octanol–water partition coefficient (Wildman–Crippen LogP) is 2.50. The summed E-state index contributed by atoms with van der Waals surface area (Å²) in [5, 5.41) is 9.68. The van der Waals surface area contributed by atoms with E-state index in [2.05, 4.69) is 12.1 Å². The lowest BCUT2D eigenvalue weighted by atomic mass is 9.86. The van der Waals surface area contributed by atoms with Gasteiger partial charge in [-0.25, -0.2) is 0 Å². The van der Waals surface area contributed by atoms with E-state index in [9.17, 15) is 5.11 Å². The maximum absolute atomic E-state index is 9.68.